The molecule has 8 nitrogen and oxygen atoms in total. The second kappa shape index (κ2) is 11.5. The Labute approximate surface area is 222 Å². The van der Waals surface area contributed by atoms with E-state index in [9.17, 15) is 13.2 Å². The molecular weight excluding hydrogens is 506 g/mol. The van der Waals surface area contributed by atoms with Crippen molar-refractivity contribution in [3.8, 4) is 5.75 Å². The lowest BCUT2D eigenvalue weighted by atomic mass is 10.1. The van der Waals surface area contributed by atoms with E-state index in [1.807, 2.05) is 41.3 Å². The van der Waals surface area contributed by atoms with E-state index >= 15 is 0 Å². The minimum Gasteiger partial charge on any atom is -0.497 e. The highest BCUT2D eigenvalue weighted by Gasteiger charge is 2.36. The van der Waals surface area contributed by atoms with Crippen LogP contribution in [0.25, 0.3) is 6.08 Å². The lowest BCUT2D eigenvalue weighted by Gasteiger charge is -2.35. The highest BCUT2D eigenvalue weighted by Crippen LogP contribution is 2.36. The number of rotatable bonds is 9. The third-order valence-corrected chi connectivity index (χ3v) is 13.7. The minimum atomic E-state index is -3.10. The molecule has 0 saturated carbocycles. The zero-order valence-corrected chi connectivity index (χ0v) is 25.0. The summed E-state index contributed by atoms with van der Waals surface area (Å²) < 4.78 is 37.2. The van der Waals surface area contributed by atoms with Gasteiger partial charge in [-0.3, -0.25) is 4.79 Å². The lowest BCUT2D eigenvalue weighted by Crippen LogP contribution is -2.42. The van der Waals surface area contributed by atoms with E-state index in [-0.39, 0.29) is 15.8 Å². The molecule has 0 radical (unpaired) electrons. The van der Waals surface area contributed by atoms with Crippen LogP contribution in [0.4, 0.5) is 5.82 Å². The van der Waals surface area contributed by atoms with Crippen LogP contribution in [0.1, 0.15) is 44.9 Å². The number of piperidine rings is 1. The van der Waals surface area contributed by atoms with Crippen LogP contribution in [0.3, 0.4) is 0 Å². The van der Waals surface area contributed by atoms with Crippen LogP contribution >= 0.6 is 0 Å². The maximum atomic E-state index is 13.5. The van der Waals surface area contributed by atoms with E-state index in [2.05, 4.69) is 38.8 Å². The molecule has 1 saturated heterocycles. The molecule has 0 amide bonds. The Hall–Kier alpha value is -2.43. The van der Waals surface area contributed by atoms with Crippen LogP contribution in [0, 0.1) is 0 Å². The van der Waals surface area contributed by atoms with Crippen molar-refractivity contribution in [2.45, 2.75) is 63.5 Å². The van der Waals surface area contributed by atoms with Crippen molar-refractivity contribution in [1.82, 2.24) is 9.55 Å². The lowest BCUT2D eigenvalue weighted by molar-refractivity contribution is 0.328. The molecule has 1 aliphatic heterocycles. The molecule has 3 rings (SSSR count). The minimum absolute atomic E-state index is 0.121. The molecule has 2 aromatic rings. The largest absolute Gasteiger partial charge is 0.497 e. The summed E-state index contributed by atoms with van der Waals surface area (Å²) in [5.74, 6) is 1.11. The number of hydrogen-bond donors (Lipinski definition) is 0. The van der Waals surface area contributed by atoms with E-state index in [0.717, 1.165) is 11.3 Å². The van der Waals surface area contributed by atoms with Gasteiger partial charge in [-0.25, -0.2) is 13.4 Å². The predicted octanol–water partition coefficient (Wildman–Crippen LogP) is 4.35. The fraction of sp³-hybridized carbons (Fsp3) is 0.556. The molecule has 10 heteroatoms. The van der Waals surface area contributed by atoms with E-state index < -0.39 is 18.2 Å². The van der Waals surface area contributed by atoms with E-state index in [0.29, 0.717) is 50.6 Å². The highest BCUT2D eigenvalue weighted by atomic mass is 32.2. The SMILES string of the molecule is COc1ccc(Cn2cc(/C=C/CO[Si](C)(C)C(C)(C)C)nc(N3CCC(S(C)(=O)=O)CC3)c2=O)cc1. The summed E-state index contributed by atoms with van der Waals surface area (Å²) in [5, 5.41) is -0.253. The van der Waals surface area contributed by atoms with Gasteiger partial charge in [-0.15, -0.1) is 0 Å². The Kier molecular flexibility index (Phi) is 9.08. The van der Waals surface area contributed by atoms with Crippen molar-refractivity contribution in [1.29, 1.82) is 0 Å². The summed E-state index contributed by atoms with van der Waals surface area (Å²) in [5.41, 5.74) is 1.43. The fourth-order valence-corrected chi connectivity index (χ4v) is 6.03. The van der Waals surface area contributed by atoms with Crippen molar-refractivity contribution < 1.29 is 17.6 Å². The van der Waals surface area contributed by atoms with E-state index in [4.69, 9.17) is 9.16 Å². The number of methoxy groups -OCH3 is 1. The number of ether oxygens (including phenoxy) is 1. The van der Waals surface area contributed by atoms with Gasteiger partial charge < -0.3 is 18.6 Å². The molecular formula is C27H41N3O5SSi. The van der Waals surface area contributed by atoms with Crippen molar-refractivity contribution in [3.63, 3.8) is 0 Å². The molecule has 0 unspecified atom stereocenters. The van der Waals surface area contributed by atoms with Gasteiger partial charge in [0.1, 0.15) is 15.6 Å². The molecule has 1 aromatic carbocycles. The zero-order chi connectivity index (χ0) is 27.4. The van der Waals surface area contributed by atoms with Crippen molar-refractivity contribution in [2.75, 3.05) is 38.0 Å². The summed E-state index contributed by atoms with van der Waals surface area (Å²) in [6.45, 7) is 12.9. The molecule has 0 atom stereocenters. The summed E-state index contributed by atoms with van der Waals surface area (Å²) in [6, 6.07) is 7.62. The molecule has 0 bridgehead atoms. The van der Waals surface area contributed by atoms with Crippen LogP contribution in [0.2, 0.25) is 18.1 Å². The third kappa shape index (κ3) is 7.55. The maximum Gasteiger partial charge on any atom is 0.293 e. The van der Waals surface area contributed by atoms with Gasteiger partial charge in [0.2, 0.25) is 0 Å². The average molecular weight is 548 g/mol. The standard InChI is InChI=1S/C27H41N3O5SSi/c1-27(2,3)37(6,7)35-18-8-9-22-20-30(19-21-10-12-23(34-4)13-11-21)26(31)25(28-22)29-16-14-24(15-17-29)36(5,32)33/h8-13,20,24H,14-19H2,1-7H3/b9-8+. The molecule has 1 aliphatic rings. The quantitative estimate of drug-likeness (QED) is 0.431. The number of sulfone groups is 1. The Morgan fingerprint density at radius 3 is 2.30 bits per heavy atom. The maximum absolute atomic E-state index is 13.5. The first-order chi connectivity index (χ1) is 17.2. The normalized spacial score (nSPS) is 15.9. The molecule has 37 heavy (non-hydrogen) atoms. The molecule has 0 aliphatic carbocycles. The molecule has 2 heterocycles. The Balaban J connectivity index is 1.88. The summed E-state index contributed by atoms with van der Waals surface area (Å²) in [6.07, 6.45) is 7.86. The molecule has 0 spiro atoms. The smallest absolute Gasteiger partial charge is 0.293 e. The third-order valence-electron chi connectivity index (χ3n) is 7.47. The van der Waals surface area contributed by atoms with Gasteiger partial charge >= 0.3 is 0 Å². The monoisotopic (exact) mass is 547 g/mol. The number of nitrogens with zero attached hydrogens (tertiary/aromatic N) is 3. The Morgan fingerprint density at radius 2 is 1.76 bits per heavy atom. The number of aromatic nitrogens is 2. The van der Waals surface area contributed by atoms with Gasteiger partial charge in [-0.1, -0.05) is 39.0 Å². The molecule has 0 N–H and O–H groups in total. The number of hydrogen-bond acceptors (Lipinski definition) is 7. The van der Waals surface area contributed by atoms with E-state index in [1.165, 1.54) is 6.26 Å². The summed E-state index contributed by atoms with van der Waals surface area (Å²) in [7, 11) is -3.36. The first-order valence-electron chi connectivity index (χ1n) is 12.7. The second-order valence-corrected chi connectivity index (χ2v) is 18.4. The fourth-order valence-electron chi connectivity index (χ4n) is 4.01. The van der Waals surface area contributed by atoms with Gasteiger partial charge in [-0.05, 0) is 54.7 Å². The first-order valence-corrected chi connectivity index (χ1v) is 17.6. The van der Waals surface area contributed by atoms with Crippen molar-refractivity contribution in [2.24, 2.45) is 0 Å². The van der Waals surface area contributed by atoms with Gasteiger partial charge in [-0.2, -0.15) is 0 Å². The van der Waals surface area contributed by atoms with Gasteiger partial charge in [0.25, 0.3) is 5.56 Å². The van der Waals surface area contributed by atoms with Gasteiger partial charge in [0, 0.05) is 25.5 Å². The summed E-state index contributed by atoms with van der Waals surface area (Å²) >= 11 is 0. The van der Waals surface area contributed by atoms with E-state index in [1.54, 1.807) is 17.9 Å². The van der Waals surface area contributed by atoms with Crippen molar-refractivity contribution in [3.05, 3.63) is 58.1 Å². The number of anilines is 1. The van der Waals surface area contributed by atoms with Crippen LogP contribution < -0.4 is 15.2 Å². The van der Waals surface area contributed by atoms with Crippen LogP contribution in [0.5, 0.6) is 5.75 Å². The van der Waals surface area contributed by atoms with Gasteiger partial charge in [0.15, 0.2) is 14.1 Å². The highest BCUT2D eigenvalue weighted by molar-refractivity contribution is 7.91. The van der Waals surface area contributed by atoms with Crippen LogP contribution in [-0.4, -0.2) is 64.6 Å². The molecule has 1 fully saturated rings. The number of benzene rings is 1. The second-order valence-electron chi connectivity index (χ2n) is 11.3. The molecule has 204 valence electrons. The topological polar surface area (TPSA) is 90.7 Å². The van der Waals surface area contributed by atoms with Crippen LogP contribution in [-0.2, 0) is 20.8 Å². The average Bonchev–Trinajstić information content (AvgIpc) is 2.83. The first kappa shape index (κ1) is 29.1. The summed E-state index contributed by atoms with van der Waals surface area (Å²) in [4.78, 5) is 20.1. The molecule has 1 aromatic heterocycles. The Morgan fingerprint density at radius 1 is 1.14 bits per heavy atom. The van der Waals surface area contributed by atoms with Crippen molar-refractivity contribution >= 4 is 30.0 Å². The van der Waals surface area contributed by atoms with Crippen LogP contribution in [0.15, 0.2) is 41.3 Å². The van der Waals surface area contributed by atoms with Gasteiger partial charge in [0.05, 0.1) is 31.2 Å². The predicted molar refractivity (Wildman–Crippen MR) is 153 cm³/mol. The zero-order valence-electron chi connectivity index (χ0n) is 23.2. The Bertz CT molecular complexity index is 1260.